The van der Waals surface area contributed by atoms with E-state index in [0.29, 0.717) is 27.8 Å². The zero-order valence-corrected chi connectivity index (χ0v) is 14.5. The molecule has 0 aliphatic carbocycles. The quantitative estimate of drug-likeness (QED) is 0.878. The number of benzene rings is 1. The molecular formula is C17H18Cl2N4O. The minimum atomic E-state index is -0.125. The smallest absolute Gasteiger partial charge is 0.272 e. The molecule has 2 unspecified atom stereocenters. The van der Waals surface area contributed by atoms with Crippen molar-refractivity contribution in [1.82, 2.24) is 20.4 Å². The first kappa shape index (κ1) is 15.9. The summed E-state index contributed by atoms with van der Waals surface area (Å²) in [6.07, 6.45) is 6.16. The number of hydrogen-bond donors (Lipinski definition) is 2. The second kappa shape index (κ2) is 6.39. The summed E-state index contributed by atoms with van der Waals surface area (Å²) in [6, 6.07) is 8.28. The molecule has 2 aromatic rings. The van der Waals surface area contributed by atoms with Gasteiger partial charge < -0.3 is 10.6 Å². The van der Waals surface area contributed by atoms with E-state index in [0.717, 1.165) is 18.5 Å². The first-order valence-electron chi connectivity index (χ1n) is 8.16. The van der Waals surface area contributed by atoms with Crippen molar-refractivity contribution in [2.24, 2.45) is 0 Å². The number of amides is 1. The van der Waals surface area contributed by atoms with Crippen LogP contribution in [0, 0.1) is 0 Å². The fourth-order valence-corrected chi connectivity index (χ4v) is 3.94. The second-order valence-electron chi connectivity index (χ2n) is 6.52. The summed E-state index contributed by atoms with van der Waals surface area (Å²) in [7, 11) is 0. The third kappa shape index (κ3) is 3.16. The van der Waals surface area contributed by atoms with Gasteiger partial charge in [-0.15, -0.1) is 0 Å². The highest BCUT2D eigenvalue weighted by Crippen LogP contribution is 2.27. The van der Waals surface area contributed by atoms with Gasteiger partial charge in [0.15, 0.2) is 5.69 Å². The summed E-state index contributed by atoms with van der Waals surface area (Å²) in [6.45, 7) is 0. The van der Waals surface area contributed by atoms with E-state index in [4.69, 9.17) is 23.2 Å². The zero-order chi connectivity index (χ0) is 16.7. The summed E-state index contributed by atoms with van der Waals surface area (Å²) in [5.74, 6) is -0.125. The number of piperidine rings is 1. The van der Waals surface area contributed by atoms with Crippen LogP contribution >= 0.6 is 23.2 Å². The van der Waals surface area contributed by atoms with Crippen LogP contribution in [0.4, 0.5) is 0 Å². The van der Waals surface area contributed by atoms with Gasteiger partial charge in [-0.25, -0.2) is 4.68 Å². The Morgan fingerprint density at radius 3 is 2.62 bits per heavy atom. The predicted octanol–water partition coefficient (Wildman–Crippen LogP) is 3.19. The maximum Gasteiger partial charge on any atom is 0.272 e. The number of nitrogens with one attached hydrogen (secondary N) is 2. The van der Waals surface area contributed by atoms with Crippen molar-refractivity contribution in [3.05, 3.63) is 46.2 Å². The number of nitrogens with zero attached hydrogens (tertiary/aromatic N) is 2. The molecule has 2 N–H and O–H groups in total. The first-order valence-corrected chi connectivity index (χ1v) is 8.92. The number of rotatable bonds is 3. The molecule has 0 saturated carbocycles. The number of halogens is 2. The van der Waals surface area contributed by atoms with Gasteiger partial charge in [0.2, 0.25) is 0 Å². The Bertz CT molecular complexity index is 764. The van der Waals surface area contributed by atoms with Gasteiger partial charge in [-0.2, -0.15) is 5.10 Å². The number of hydrogen-bond acceptors (Lipinski definition) is 3. The maximum absolute atomic E-state index is 12.5. The third-order valence-electron chi connectivity index (χ3n) is 4.80. The predicted molar refractivity (Wildman–Crippen MR) is 94.0 cm³/mol. The highest BCUT2D eigenvalue weighted by atomic mass is 35.5. The van der Waals surface area contributed by atoms with Crippen molar-refractivity contribution in [2.45, 2.75) is 43.8 Å². The highest BCUT2D eigenvalue weighted by molar-refractivity contribution is 6.42. The Hall–Kier alpha value is -1.56. The van der Waals surface area contributed by atoms with E-state index in [-0.39, 0.29) is 11.9 Å². The van der Waals surface area contributed by atoms with Crippen LogP contribution in [0.5, 0.6) is 0 Å². The maximum atomic E-state index is 12.5. The lowest BCUT2D eigenvalue weighted by Crippen LogP contribution is -2.48. The summed E-state index contributed by atoms with van der Waals surface area (Å²) in [5, 5.41) is 12.0. The van der Waals surface area contributed by atoms with Gasteiger partial charge in [-0.05, 0) is 49.9 Å². The molecule has 1 aromatic heterocycles. The van der Waals surface area contributed by atoms with Crippen LogP contribution in [0.15, 0.2) is 30.5 Å². The summed E-state index contributed by atoms with van der Waals surface area (Å²) < 4.78 is 1.63. The SMILES string of the molecule is O=C(NC1CC2CCC(C1)N2)c1ccn(-c2ccc(Cl)c(Cl)c2)n1. The van der Waals surface area contributed by atoms with Gasteiger partial charge in [-0.1, -0.05) is 23.2 Å². The van der Waals surface area contributed by atoms with E-state index in [1.165, 1.54) is 12.8 Å². The van der Waals surface area contributed by atoms with Crippen molar-refractivity contribution in [2.75, 3.05) is 0 Å². The van der Waals surface area contributed by atoms with Crippen LogP contribution in [0.2, 0.25) is 10.0 Å². The molecule has 4 rings (SSSR count). The van der Waals surface area contributed by atoms with Crippen molar-refractivity contribution in [3.63, 3.8) is 0 Å². The van der Waals surface area contributed by atoms with Crippen LogP contribution in [-0.2, 0) is 0 Å². The van der Waals surface area contributed by atoms with Gasteiger partial charge in [0.05, 0.1) is 15.7 Å². The Labute approximate surface area is 150 Å². The molecule has 2 aliphatic rings. The summed E-state index contributed by atoms with van der Waals surface area (Å²) in [4.78, 5) is 12.5. The number of carbonyl (C=O) groups is 1. The van der Waals surface area contributed by atoms with Crippen LogP contribution < -0.4 is 10.6 Å². The molecule has 2 bridgehead atoms. The fraction of sp³-hybridized carbons (Fsp3) is 0.412. The fourth-order valence-electron chi connectivity index (χ4n) is 3.65. The largest absolute Gasteiger partial charge is 0.348 e. The Morgan fingerprint density at radius 2 is 1.92 bits per heavy atom. The molecule has 2 saturated heterocycles. The molecule has 2 fully saturated rings. The minimum absolute atomic E-state index is 0.125. The second-order valence-corrected chi connectivity index (χ2v) is 7.34. The average molecular weight is 365 g/mol. The number of carbonyl (C=O) groups excluding carboxylic acids is 1. The molecule has 7 heteroatoms. The van der Waals surface area contributed by atoms with E-state index < -0.39 is 0 Å². The van der Waals surface area contributed by atoms with Crippen molar-refractivity contribution in [1.29, 1.82) is 0 Å². The first-order chi connectivity index (χ1) is 11.6. The van der Waals surface area contributed by atoms with Gasteiger partial charge in [0.25, 0.3) is 5.91 Å². The molecular weight excluding hydrogens is 347 g/mol. The molecule has 5 nitrogen and oxygen atoms in total. The lowest BCUT2D eigenvalue weighted by atomic mass is 10.00. The van der Waals surface area contributed by atoms with E-state index >= 15 is 0 Å². The molecule has 2 aliphatic heterocycles. The Balaban J connectivity index is 1.46. The molecule has 0 spiro atoms. The van der Waals surface area contributed by atoms with Gasteiger partial charge in [0, 0.05) is 24.3 Å². The van der Waals surface area contributed by atoms with Crippen molar-refractivity contribution < 1.29 is 4.79 Å². The van der Waals surface area contributed by atoms with Gasteiger partial charge >= 0.3 is 0 Å². The van der Waals surface area contributed by atoms with E-state index in [9.17, 15) is 4.79 Å². The minimum Gasteiger partial charge on any atom is -0.348 e. The topological polar surface area (TPSA) is 59.0 Å². The molecule has 1 amide bonds. The molecule has 2 atom stereocenters. The van der Waals surface area contributed by atoms with Gasteiger partial charge in [0.1, 0.15) is 0 Å². The number of aromatic nitrogens is 2. The van der Waals surface area contributed by atoms with Crippen LogP contribution in [0.1, 0.15) is 36.2 Å². The van der Waals surface area contributed by atoms with Crippen molar-refractivity contribution in [3.8, 4) is 5.69 Å². The average Bonchev–Trinajstić information content (AvgIpc) is 3.17. The zero-order valence-electron chi connectivity index (χ0n) is 13.0. The lowest BCUT2D eigenvalue weighted by molar-refractivity contribution is 0.0918. The Morgan fingerprint density at radius 1 is 1.17 bits per heavy atom. The van der Waals surface area contributed by atoms with Crippen molar-refractivity contribution >= 4 is 29.1 Å². The molecule has 1 aromatic carbocycles. The van der Waals surface area contributed by atoms with E-state index in [1.54, 1.807) is 29.1 Å². The van der Waals surface area contributed by atoms with E-state index in [2.05, 4.69) is 15.7 Å². The van der Waals surface area contributed by atoms with E-state index in [1.807, 2.05) is 6.07 Å². The Kier molecular flexibility index (Phi) is 4.24. The van der Waals surface area contributed by atoms with Gasteiger partial charge in [-0.3, -0.25) is 4.79 Å². The molecule has 24 heavy (non-hydrogen) atoms. The summed E-state index contributed by atoms with van der Waals surface area (Å²) >= 11 is 12.0. The standard InChI is InChI=1S/C17H18Cl2N4O/c18-14-4-3-13(9-15(14)19)23-6-5-16(22-23)17(24)21-12-7-10-1-2-11(8-12)20-10/h3-6,9-12,20H,1-2,7-8H2,(H,21,24). The monoisotopic (exact) mass is 364 g/mol. The van der Waals surface area contributed by atoms with Crippen LogP contribution in [0.25, 0.3) is 5.69 Å². The number of fused-ring (bicyclic) bond motifs is 2. The summed E-state index contributed by atoms with van der Waals surface area (Å²) in [5.41, 5.74) is 1.18. The lowest BCUT2D eigenvalue weighted by Gasteiger charge is -2.29. The highest BCUT2D eigenvalue weighted by Gasteiger charge is 2.34. The molecule has 0 radical (unpaired) electrons. The molecule has 126 valence electrons. The third-order valence-corrected chi connectivity index (χ3v) is 5.54. The van der Waals surface area contributed by atoms with Crippen LogP contribution in [-0.4, -0.2) is 33.8 Å². The van der Waals surface area contributed by atoms with Crippen LogP contribution in [0.3, 0.4) is 0 Å². The normalized spacial score (nSPS) is 25.7. The molecule has 3 heterocycles.